The van der Waals surface area contributed by atoms with Crippen LogP contribution in [-0.4, -0.2) is 48.2 Å². The van der Waals surface area contributed by atoms with Crippen LogP contribution in [0.5, 0.6) is 0 Å². The lowest BCUT2D eigenvalue weighted by Gasteiger charge is -2.30. The maximum absolute atomic E-state index is 12.5. The van der Waals surface area contributed by atoms with Crippen molar-refractivity contribution < 1.29 is 8.42 Å². The summed E-state index contributed by atoms with van der Waals surface area (Å²) in [6.07, 6.45) is 0. The molecule has 0 spiro atoms. The van der Waals surface area contributed by atoms with Gasteiger partial charge in [0, 0.05) is 32.7 Å². The van der Waals surface area contributed by atoms with E-state index in [2.05, 4.69) is 10.4 Å². The van der Waals surface area contributed by atoms with Crippen molar-refractivity contribution in [3.8, 4) is 0 Å². The van der Waals surface area contributed by atoms with E-state index >= 15 is 0 Å². The second-order valence-corrected chi connectivity index (χ2v) is 6.78. The Bertz CT molecular complexity index is 554. The molecule has 2 heterocycles. The largest absolute Gasteiger partial charge is 0.312 e. The highest BCUT2D eigenvalue weighted by molar-refractivity contribution is 7.89. The average molecular weight is 293 g/mol. The molecule has 1 aromatic rings. The maximum atomic E-state index is 12.5. The van der Waals surface area contributed by atoms with Crippen molar-refractivity contribution in [3.63, 3.8) is 0 Å². The molecule has 8 heteroatoms. The minimum atomic E-state index is -3.56. The average Bonchev–Trinajstić information content (AvgIpc) is 2.53. The number of hydrogen-bond donors (Lipinski definition) is 1. The van der Waals surface area contributed by atoms with E-state index in [1.165, 1.54) is 8.99 Å². The lowest BCUT2D eigenvalue weighted by molar-refractivity contribution is 0.310. The standard InChI is InChI=1S/C10H17ClN4O2S/c1-7-6-15(5-4-12-7)18(16,17)9-8(2)13-14(3)10(9)11/h7,12H,4-6H2,1-3H3/t7-/m1/s1. The normalized spacial score (nSPS) is 22.3. The molecule has 2 rings (SSSR count). The van der Waals surface area contributed by atoms with E-state index in [1.807, 2.05) is 6.92 Å². The molecule has 0 saturated carbocycles. The van der Waals surface area contributed by atoms with E-state index in [0.29, 0.717) is 25.3 Å². The fourth-order valence-electron chi connectivity index (χ4n) is 2.15. The van der Waals surface area contributed by atoms with E-state index in [0.717, 1.165) is 0 Å². The molecule has 1 saturated heterocycles. The van der Waals surface area contributed by atoms with Gasteiger partial charge in [-0.25, -0.2) is 8.42 Å². The molecule has 1 fully saturated rings. The predicted octanol–water partition coefficient (Wildman–Crippen LogP) is 0.364. The zero-order chi connectivity index (χ0) is 13.5. The molecular weight excluding hydrogens is 276 g/mol. The second-order valence-electron chi connectivity index (χ2n) is 4.55. The van der Waals surface area contributed by atoms with E-state index < -0.39 is 10.0 Å². The Morgan fingerprint density at radius 1 is 1.50 bits per heavy atom. The van der Waals surface area contributed by atoms with Crippen molar-refractivity contribution in [1.82, 2.24) is 19.4 Å². The number of nitrogens with one attached hydrogen (secondary N) is 1. The minimum Gasteiger partial charge on any atom is -0.312 e. The first-order valence-electron chi connectivity index (χ1n) is 5.76. The third-order valence-corrected chi connectivity index (χ3v) is 5.59. The zero-order valence-corrected chi connectivity index (χ0v) is 12.2. The van der Waals surface area contributed by atoms with Crippen LogP contribution < -0.4 is 5.32 Å². The lowest BCUT2D eigenvalue weighted by Crippen LogP contribution is -2.51. The molecule has 1 aromatic heterocycles. The fraction of sp³-hybridized carbons (Fsp3) is 0.700. The summed E-state index contributed by atoms with van der Waals surface area (Å²) in [4.78, 5) is 0.126. The summed E-state index contributed by atoms with van der Waals surface area (Å²) in [7, 11) is -1.92. The number of sulfonamides is 1. The van der Waals surface area contributed by atoms with Crippen LogP contribution in [0.1, 0.15) is 12.6 Å². The van der Waals surface area contributed by atoms with Crippen molar-refractivity contribution in [2.45, 2.75) is 24.8 Å². The number of piperazine rings is 1. The maximum Gasteiger partial charge on any atom is 0.248 e. The van der Waals surface area contributed by atoms with Crippen LogP contribution in [0, 0.1) is 6.92 Å². The summed E-state index contributed by atoms with van der Waals surface area (Å²) in [5, 5.41) is 7.43. The van der Waals surface area contributed by atoms with Gasteiger partial charge in [-0.15, -0.1) is 0 Å². The summed E-state index contributed by atoms with van der Waals surface area (Å²) in [6, 6.07) is 0.143. The first-order chi connectivity index (χ1) is 8.34. The minimum absolute atomic E-state index is 0.126. The number of nitrogens with zero attached hydrogens (tertiary/aromatic N) is 3. The fourth-order valence-corrected chi connectivity index (χ4v) is 4.38. The Kier molecular flexibility index (Phi) is 3.68. The SMILES string of the molecule is Cc1nn(C)c(Cl)c1S(=O)(=O)N1CCN[C@H](C)C1. The molecular formula is C10H17ClN4O2S. The zero-order valence-electron chi connectivity index (χ0n) is 10.6. The third-order valence-electron chi connectivity index (χ3n) is 3.03. The molecule has 1 atom stereocenters. The van der Waals surface area contributed by atoms with Crippen LogP contribution >= 0.6 is 11.6 Å². The van der Waals surface area contributed by atoms with Crippen LogP contribution in [0.2, 0.25) is 5.15 Å². The lowest BCUT2D eigenvalue weighted by atomic mass is 10.3. The van der Waals surface area contributed by atoms with Crippen LogP contribution in [-0.2, 0) is 17.1 Å². The van der Waals surface area contributed by atoms with Crippen LogP contribution in [0.4, 0.5) is 0 Å². The Labute approximate surface area is 112 Å². The van der Waals surface area contributed by atoms with E-state index in [4.69, 9.17) is 11.6 Å². The molecule has 1 aliphatic heterocycles. The number of halogens is 1. The Morgan fingerprint density at radius 3 is 2.67 bits per heavy atom. The van der Waals surface area contributed by atoms with Gasteiger partial charge in [0.15, 0.2) is 0 Å². The molecule has 6 nitrogen and oxygen atoms in total. The molecule has 1 aliphatic rings. The van der Waals surface area contributed by atoms with Crippen molar-refractivity contribution in [2.75, 3.05) is 19.6 Å². The summed E-state index contributed by atoms with van der Waals surface area (Å²) >= 11 is 6.03. The highest BCUT2D eigenvalue weighted by Crippen LogP contribution is 2.27. The molecule has 0 aromatic carbocycles. The molecule has 1 N–H and O–H groups in total. The number of aryl methyl sites for hydroxylation is 2. The highest BCUT2D eigenvalue weighted by Gasteiger charge is 2.33. The molecule has 0 radical (unpaired) electrons. The van der Waals surface area contributed by atoms with E-state index in [1.54, 1.807) is 14.0 Å². The topological polar surface area (TPSA) is 67.2 Å². The predicted molar refractivity (Wildman–Crippen MR) is 69.2 cm³/mol. The Hall–Kier alpha value is -0.630. The van der Waals surface area contributed by atoms with Gasteiger partial charge in [-0.05, 0) is 13.8 Å². The van der Waals surface area contributed by atoms with Gasteiger partial charge >= 0.3 is 0 Å². The molecule has 0 aliphatic carbocycles. The molecule has 102 valence electrons. The first-order valence-corrected chi connectivity index (χ1v) is 7.58. The van der Waals surface area contributed by atoms with Crippen LogP contribution in [0.15, 0.2) is 4.90 Å². The Morgan fingerprint density at radius 2 is 2.17 bits per heavy atom. The summed E-state index contributed by atoms with van der Waals surface area (Å²) in [5.74, 6) is 0. The smallest absolute Gasteiger partial charge is 0.248 e. The quantitative estimate of drug-likeness (QED) is 0.855. The van der Waals surface area contributed by atoms with Gasteiger partial charge in [0.1, 0.15) is 10.0 Å². The number of hydrogen-bond acceptors (Lipinski definition) is 4. The van der Waals surface area contributed by atoms with Crippen LogP contribution in [0.25, 0.3) is 0 Å². The van der Waals surface area contributed by atoms with Crippen molar-refractivity contribution in [1.29, 1.82) is 0 Å². The number of rotatable bonds is 2. The number of aromatic nitrogens is 2. The van der Waals surface area contributed by atoms with E-state index in [-0.39, 0.29) is 16.1 Å². The summed E-state index contributed by atoms with van der Waals surface area (Å²) in [5.41, 5.74) is 0.439. The van der Waals surface area contributed by atoms with Gasteiger partial charge in [0.25, 0.3) is 0 Å². The second kappa shape index (κ2) is 4.80. The van der Waals surface area contributed by atoms with Gasteiger partial charge in [0.2, 0.25) is 10.0 Å². The monoisotopic (exact) mass is 292 g/mol. The van der Waals surface area contributed by atoms with Gasteiger partial charge in [-0.2, -0.15) is 9.40 Å². The molecule has 0 amide bonds. The van der Waals surface area contributed by atoms with Gasteiger partial charge in [-0.3, -0.25) is 4.68 Å². The van der Waals surface area contributed by atoms with Gasteiger partial charge in [-0.1, -0.05) is 11.6 Å². The van der Waals surface area contributed by atoms with Crippen LogP contribution in [0.3, 0.4) is 0 Å². The molecule has 0 unspecified atom stereocenters. The van der Waals surface area contributed by atoms with Crippen molar-refractivity contribution in [2.24, 2.45) is 7.05 Å². The van der Waals surface area contributed by atoms with Gasteiger partial charge < -0.3 is 5.32 Å². The third kappa shape index (κ3) is 2.27. The van der Waals surface area contributed by atoms with Crippen molar-refractivity contribution in [3.05, 3.63) is 10.8 Å². The molecule has 0 bridgehead atoms. The summed E-state index contributed by atoms with van der Waals surface area (Å²) < 4.78 is 27.9. The summed E-state index contributed by atoms with van der Waals surface area (Å²) in [6.45, 7) is 5.17. The van der Waals surface area contributed by atoms with Crippen molar-refractivity contribution >= 4 is 21.6 Å². The van der Waals surface area contributed by atoms with Gasteiger partial charge in [0.05, 0.1) is 5.69 Å². The molecule has 18 heavy (non-hydrogen) atoms. The first kappa shape index (κ1) is 13.8. The highest BCUT2D eigenvalue weighted by atomic mass is 35.5. The Balaban J connectivity index is 2.42. The van der Waals surface area contributed by atoms with E-state index in [9.17, 15) is 8.42 Å².